The Balaban J connectivity index is 4.06. The first kappa shape index (κ1) is 13.8. The van der Waals surface area contributed by atoms with Crippen LogP contribution in [0.4, 0.5) is 0 Å². The summed E-state index contributed by atoms with van der Waals surface area (Å²) in [5, 5.41) is 0. The van der Waals surface area contributed by atoms with Crippen LogP contribution in [0.2, 0.25) is 0 Å². The maximum absolute atomic E-state index is 4.02. The van der Waals surface area contributed by atoms with Gasteiger partial charge in [-0.1, -0.05) is 26.5 Å². The molecule has 0 unspecified atom stereocenters. The van der Waals surface area contributed by atoms with Gasteiger partial charge in [-0.3, -0.25) is 0 Å². The molecule has 0 saturated heterocycles. The smallest absolute Gasteiger partial charge is 0.0291 e. The van der Waals surface area contributed by atoms with Crippen LogP contribution in [0, 0.1) is 0 Å². The molecule has 0 aliphatic rings. The lowest BCUT2D eigenvalue weighted by atomic mass is 10.3. The molecule has 86 valence electrons. The van der Waals surface area contributed by atoms with Crippen LogP contribution in [-0.4, -0.2) is 37.5 Å². The van der Waals surface area contributed by atoms with Crippen molar-refractivity contribution in [1.29, 1.82) is 0 Å². The van der Waals surface area contributed by atoms with Crippen LogP contribution in [0.25, 0.3) is 0 Å². The van der Waals surface area contributed by atoms with E-state index in [1.807, 2.05) is 31.1 Å². The summed E-state index contributed by atoms with van der Waals surface area (Å²) >= 11 is 0. The minimum absolute atomic E-state index is 0.986. The van der Waals surface area contributed by atoms with E-state index in [2.05, 4.69) is 32.0 Å². The Bertz CT molecular complexity index is 239. The Morgan fingerprint density at radius 1 is 1.07 bits per heavy atom. The van der Waals surface area contributed by atoms with Gasteiger partial charge >= 0.3 is 0 Å². The number of allylic oxidation sites excluding steroid dienone is 2. The van der Waals surface area contributed by atoms with Gasteiger partial charge in [0.2, 0.25) is 0 Å². The van der Waals surface area contributed by atoms with Crippen LogP contribution in [0.5, 0.6) is 0 Å². The summed E-state index contributed by atoms with van der Waals surface area (Å²) in [5.41, 5.74) is 2.02. The summed E-state index contributed by atoms with van der Waals surface area (Å²) in [7, 11) is 6.03. The number of hydrogen-bond donors (Lipinski definition) is 0. The van der Waals surface area contributed by atoms with E-state index in [1.54, 1.807) is 0 Å². The minimum Gasteiger partial charge on any atom is -0.378 e. The van der Waals surface area contributed by atoms with Gasteiger partial charge in [0.25, 0.3) is 0 Å². The largest absolute Gasteiger partial charge is 0.378 e. The van der Waals surface area contributed by atoms with Gasteiger partial charge in [0, 0.05) is 39.1 Å². The Morgan fingerprint density at radius 2 is 1.60 bits per heavy atom. The van der Waals surface area contributed by atoms with E-state index in [4.69, 9.17) is 0 Å². The zero-order chi connectivity index (χ0) is 11.8. The van der Waals surface area contributed by atoms with Gasteiger partial charge in [-0.25, -0.2) is 0 Å². The van der Waals surface area contributed by atoms with Gasteiger partial charge in [0.15, 0.2) is 0 Å². The van der Waals surface area contributed by atoms with Crippen molar-refractivity contribution in [2.75, 3.05) is 27.7 Å². The summed E-state index contributed by atoms with van der Waals surface area (Å²) in [5.74, 6) is 0. The predicted octanol–water partition coefficient (Wildman–Crippen LogP) is 2.86. The molecule has 0 radical (unpaired) electrons. The number of likely N-dealkylation sites (N-methyl/N-ethyl adjacent to an activating group) is 2. The third-order valence-corrected chi connectivity index (χ3v) is 2.38. The van der Waals surface area contributed by atoms with E-state index in [0.29, 0.717) is 0 Å². The fourth-order valence-corrected chi connectivity index (χ4v) is 1.01. The second kappa shape index (κ2) is 7.16. The number of rotatable bonds is 7. The van der Waals surface area contributed by atoms with Crippen LogP contribution < -0.4 is 0 Å². The molecule has 0 aliphatic carbocycles. The molecule has 2 nitrogen and oxygen atoms in total. The number of nitrogens with zero attached hydrogens (tertiary/aromatic N) is 2. The Labute approximate surface area is 94.6 Å². The summed E-state index contributed by atoms with van der Waals surface area (Å²) in [4.78, 5) is 4.15. The lowest BCUT2D eigenvalue weighted by molar-refractivity contribution is 0.419. The molecule has 0 fully saturated rings. The lowest BCUT2D eigenvalue weighted by Gasteiger charge is -2.19. The van der Waals surface area contributed by atoms with Gasteiger partial charge in [-0.05, 0) is 18.6 Å². The molecule has 0 spiro atoms. The molecule has 0 atom stereocenters. The third kappa shape index (κ3) is 6.00. The molecular formula is C13H24N2. The third-order valence-electron chi connectivity index (χ3n) is 2.38. The number of unbranched alkanes of at least 4 members (excludes halogenated alkanes) is 1. The molecule has 0 amide bonds. The molecule has 2 heteroatoms. The highest BCUT2D eigenvalue weighted by Crippen LogP contribution is 2.05. The molecule has 0 rings (SSSR count). The fourth-order valence-electron chi connectivity index (χ4n) is 1.01. The second-order valence-corrected chi connectivity index (χ2v) is 3.99. The average Bonchev–Trinajstić information content (AvgIpc) is 2.21. The average molecular weight is 208 g/mol. The summed E-state index contributed by atoms with van der Waals surface area (Å²) in [6, 6.07) is 0. The molecule has 0 aromatic heterocycles. The van der Waals surface area contributed by atoms with Crippen molar-refractivity contribution in [2.45, 2.75) is 19.8 Å². The van der Waals surface area contributed by atoms with Gasteiger partial charge in [-0.2, -0.15) is 0 Å². The highest BCUT2D eigenvalue weighted by molar-refractivity contribution is 5.22. The predicted molar refractivity (Wildman–Crippen MR) is 68.6 cm³/mol. The van der Waals surface area contributed by atoms with Crippen molar-refractivity contribution in [2.24, 2.45) is 0 Å². The molecule has 0 aromatic carbocycles. The Hall–Kier alpha value is -1.18. The van der Waals surface area contributed by atoms with E-state index in [1.165, 1.54) is 12.8 Å². The van der Waals surface area contributed by atoms with Crippen molar-refractivity contribution >= 4 is 0 Å². The van der Waals surface area contributed by atoms with E-state index in [-0.39, 0.29) is 0 Å². The van der Waals surface area contributed by atoms with Crippen LogP contribution in [0.1, 0.15) is 19.8 Å². The number of hydrogen-bond acceptors (Lipinski definition) is 2. The molecule has 0 heterocycles. The molecule has 0 aliphatic heterocycles. The first-order chi connectivity index (χ1) is 6.99. The van der Waals surface area contributed by atoms with Crippen LogP contribution >= 0.6 is 0 Å². The minimum atomic E-state index is 0.986. The summed E-state index contributed by atoms with van der Waals surface area (Å²) < 4.78 is 0. The SMILES string of the molecule is C=C(/C=C\C(=C)N(C)CCCC)N(C)C. The molecule has 0 aromatic rings. The highest BCUT2D eigenvalue weighted by Gasteiger charge is 1.97. The Kier molecular flexibility index (Phi) is 6.59. The van der Waals surface area contributed by atoms with Crippen molar-refractivity contribution in [1.82, 2.24) is 9.80 Å². The monoisotopic (exact) mass is 208 g/mol. The van der Waals surface area contributed by atoms with Crippen molar-refractivity contribution < 1.29 is 0 Å². The van der Waals surface area contributed by atoms with Gasteiger partial charge in [0.1, 0.15) is 0 Å². The maximum Gasteiger partial charge on any atom is 0.0291 e. The van der Waals surface area contributed by atoms with E-state index in [0.717, 1.165) is 17.9 Å². The van der Waals surface area contributed by atoms with Gasteiger partial charge in [0.05, 0.1) is 0 Å². The second-order valence-electron chi connectivity index (χ2n) is 3.99. The zero-order valence-electron chi connectivity index (χ0n) is 10.6. The van der Waals surface area contributed by atoms with Crippen molar-refractivity contribution in [3.63, 3.8) is 0 Å². The quantitative estimate of drug-likeness (QED) is 0.594. The van der Waals surface area contributed by atoms with E-state index >= 15 is 0 Å². The standard InChI is InChI=1S/C13H24N2/c1-7-8-11-15(6)13(3)10-9-12(2)14(4)5/h9-10H,2-3,7-8,11H2,1,4-6H3/b10-9-. The van der Waals surface area contributed by atoms with Crippen LogP contribution in [-0.2, 0) is 0 Å². The van der Waals surface area contributed by atoms with Crippen molar-refractivity contribution in [3.05, 3.63) is 36.7 Å². The van der Waals surface area contributed by atoms with Crippen molar-refractivity contribution in [3.8, 4) is 0 Å². The molecular weight excluding hydrogens is 184 g/mol. The van der Waals surface area contributed by atoms with Gasteiger partial charge in [-0.15, -0.1) is 0 Å². The van der Waals surface area contributed by atoms with E-state index < -0.39 is 0 Å². The highest BCUT2D eigenvalue weighted by atomic mass is 15.1. The van der Waals surface area contributed by atoms with Crippen LogP contribution in [0.3, 0.4) is 0 Å². The molecule has 0 saturated carbocycles. The van der Waals surface area contributed by atoms with Gasteiger partial charge < -0.3 is 9.80 Å². The first-order valence-electron chi connectivity index (χ1n) is 5.43. The lowest BCUT2D eigenvalue weighted by Crippen LogP contribution is -2.17. The molecule has 15 heavy (non-hydrogen) atoms. The summed E-state index contributed by atoms with van der Waals surface area (Å²) in [6.07, 6.45) is 6.42. The maximum atomic E-state index is 4.02. The zero-order valence-corrected chi connectivity index (χ0v) is 10.6. The first-order valence-corrected chi connectivity index (χ1v) is 5.43. The molecule has 0 bridgehead atoms. The molecule has 0 N–H and O–H groups in total. The normalized spacial score (nSPS) is 10.4. The summed E-state index contributed by atoms with van der Waals surface area (Å²) in [6.45, 7) is 11.2. The topological polar surface area (TPSA) is 6.48 Å². The Morgan fingerprint density at radius 3 is 2.07 bits per heavy atom. The van der Waals surface area contributed by atoms with E-state index in [9.17, 15) is 0 Å². The fraction of sp³-hybridized carbons (Fsp3) is 0.538. The van der Waals surface area contributed by atoms with Crippen LogP contribution in [0.15, 0.2) is 36.7 Å².